The van der Waals surface area contributed by atoms with E-state index in [0.29, 0.717) is 22.5 Å². The van der Waals surface area contributed by atoms with E-state index >= 15 is 0 Å². The summed E-state index contributed by atoms with van der Waals surface area (Å²) in [5, 5.41) is 27.6. The van der Waals surface area contributed by atoms with Gasteiger partial charge in [0.2, 0.25) is 0 Å². The zero-order valence-electron chi connectivity index (χ0n) is 11.6. The molecule has 1 aromatic heterocycles. The van der Waals surface area contributed by atoms with Crippen molar-refractivity contribution in [1.82, 2.24) is 10.2 Å². The molecule has 2 unspecified atom stereocenters. The Morgan fingerprint density at radius 1 is 1.33 bits per heavy atom. The van der Waals surface area contributed by atoms with Crippen LogP contribution >= 0.6 is 0 Å². The zero-order chi connectivity index (χ0) is 15.6. The highest BCUT2D eigenvalue weighted by atomic mass is 16.6. The van der Waals surface area contributed by atoms with Gasteiger partial charge in [-0.05, 0) is 13.8 Å². The van der Waals surface area contributed by atoms with Gasteiger partial charge in [-0.2, -0.15) is 5.10 Å². The van der Waals surface area contributed by atoms with Crippen molar-refractivity contribution in [1.29, 1.82) is 0 Å². The minimum atomic E-state index is -1.36. The predicted octanol–water partition coefficient (Wildman–Crippen LogP) is 2.21. The molecule has 2 rings (SSSR count). The van der Waals surface area contributed by atoms with Crippen LogP contribution in [0.15, 0.2) is 30.3 Å². The first kappa shape index (κ1) is 14.7. The van der Waals surface area contributed by atoms with Gasteiger partial charge in [-0.1, -0.05) is 30.3 Å². The molecule has 110 valence electrons. The number of rotatable bonds is 5. The second-order valence-electron chi connectivity index (χ2n) is 4.80. The van der Waals surface area contributed by atoms with E-state index in [1.54, 1.807) is 44.2 Å². The van der Waals surface area contributed by atoms with Crippen molar-refractivity contribution >= 4 is 5.97 Å². The molecule has 1 heterocycles. The molecule has 0 saturated carbocycles. The van der Waals surface area contributed by atoms with E-state index in [0.717, 1.165) is 0 Å². The van der Waals surface area contributed by atoms with Gasteiger partial charge >= 0.3 is 5.97 Å². The molecule has 0 aliphatic rings. The highest BCUT2D eigenvalue weighted by Crippen LogP contribution is 2.36. The van der Waals surface area contributed by atoms with Crippen molar-refractivity contribution in [2.24, 2.45) is 0 Å². The first-order chi connectivity index (χ1) is 9.93. The number of hydrogen-bond donors (Lipinski definition) is 2. The molecule has 0 aliphatic carbocycles. The van der Waals surface area contributed by atoms with Gasteiger partial charge < -0.3 is 5.11 Å². The van der Waals surface area contributed by atoms with Gasteiger partial charge in [-0.15, -0.1) is 0 Å². The van der Waals surface area contributed by atoms with Gasteiger partial charge in [-0.25, -0.2) is 0 Å². The van der Waals surface area contributed by atoms with Crippen LogP contribution in [0.3, 0.4) is 0 Å². The zero-order valence-corrected chi connectivity index (χ0v) is 11.6. The van der Waals surface area contributed by atoms with Crippen molar-refractivity contribution < 1.29 is 14.8 Å². The van der Waals surface area contributed by atoms with E-state index in [2.05, 4.69) is 10.2 Å². The molecular formula is C14H15N3O4. The summed E-state index contributed by atoms with van der Waals surface area (Å²) >= 11 is 0. The number of carbonyl (C=O) groups is 1. The number of aryl methyl sites for hydroxylation is 2. The number of aliphatic carboxylic acids is 1. The fourth-order valence-corrected chi connectivity index (χ4v) is 2.52. The lowest BCUT2D eigenvalue weighted by atomic mass is 9.86. The van der Waals surface area contributed by atoms with Crippen LogP contribution in [-0.4, -0.2) is 26.2 Å². The molecule has 2 aromatic rings. The monoisotopic (exact) mass is 289 g/mol. The Kier molecular flexibility index (Phi) is 4.02. The standard InChI is InChI=1S/C14H15N3O4/c1-8-11(9(2)16-15-8)12(14(18)19)13(17(20)21)10-6-4-3-5-7-10/h3-7,12-13H,1-2H3,(H,15,16)(H,18,19). The molecule has 1 aromatic carbocycles. The molecule has 21 heavy (non-hydrogen) atoms. The van der Waals surface area contributed by atoms with Crippen LogP contribution in [0, 0.1) is 24.0 Å². The lowest BCUT2D eigenvalue weighted by molar-refractivity contribution is -0.531. The number of carboxylic acids is 1. The van der Waals surface area contributed by atoms with Crippen LogP contribution in [0.4, 0.5) is 0 Å². The Balaban J connectivity index is 2.59. The maximum Gasteiger partial charge on any atom is 0.318 e. The maximum atomic E-state index is 11.7. The number of aromatic amines is 1. The number of hydrogen-bond acceptors (Lipinski definition) is 4. The highest BCUT2D eigenvalue weighted by Gasteiger charge is 2.42. The summed E-state index contributed by atoms with van der Waals surface area (Å²) < 4.78 is 0. The summed E-state index contributed by atoms with van der Waals surface area (Å²) in [7, 11) is 0. The van der Waals surface area contributed by atoms with Crippen molar-refractivity contribution in [3.63, 3.8) is 0 Å². The Labute approximate surface area is 120 Å². The highest BCUT2D eigenvalue weighted by molar-refractivity contribution is 5.78. The van der Waals surface area contributed by atoms with Crippen LogP contribution in [0.2, 0.25) is 0 Å². The molecule has 0 amide bonds. The van der Waals surface area contributed by atoms with Crippen LogP contribution in [0.5, 0.6) is 0 Å². The quantitative estimate of drug-likeness (QED) is 0.647. The van der Waals surface area contributed by atoms with Crippen molar-refractivity contribution in [2.75, 3.05) is 0 Å². The van der Waals surface area contributed by atoms with Crippen LogP contribution in [0.1, 0.15) is 34.5 Å². The number of benzene rings is 1. The molecule has 7 nitrogen and oxygen atoms in total. The topological polar surface area (TPSA) is 109 Å². The Bertz CT molecular complexity index is 647. The second kappa shape index (κ2) is 5.74. The third-order valence-corrected chi connectivity index (χ3v) is 3.45. The molecule has 0 saturated heterocycles. The molecule has 2 atom stereocenters. The van der Waals surface area contributed by atoms with Gasteiger partial charge in [0, 0.05) is 21.7 Å². The number of nitrogens with one attached hydrogen (secondary N) is 1. The molecule has 0 aliphatic heterocycles. The smallest absolute Gasteiger partial charge is 0.318 e. The van der Waals surface area contributed by atoms with Crippen LogP contribution < -0.4 is 0 Å². The van der Waals surface area contributed by atoms with Gasteiger partial charge in [0.1, 0.15) is 0 Å². The summed E-state index contributed by atoms with van der Waals surface area (Å²) in [5.74, 6) is -2.53. The summed E-state index contributed by atoms with van der Waals surface area (Å²) in [6.07, 6.45) is 0. The van der Waals surface area contributed by atoms with Gasteiger partial charge in [0.15, 0.2) is 5.92 Å². The molecule has 0 spiro atoms. The fraction of sp³-hybridized carbons (Fsp3) is 0.286. The van der Waals surface area contributed by atoms with Gasteiger partial charge in [0.25, 0.3) is 6.04 Å². The Hall–Kier alpha value is -2.70. The number of nitro groups is 1. The normalized spacial score (nSPS) is 13.6. The number of nitrogens with zero attached hydrogens (tertiary/aromatic N) is 2. The minimum Gasteiger partial charge on any atom is -0.481 e. The second-order valence-corrected chi connectivity index (χ2v) is 4.80. The molecule has 2 N–H and O–H groups in total. The van der Waals surface area contributed by atoms with Crippen molar-refractivity contribution in [3.8, 4) is 0 Å². The maximum absolute atomic E-state index is 11.7. The minimum absolute atomic E-state index is 0.356. The van der Waals surface area contributed by atoms with E-state index < -0.39 is 22.9 Å². The molecule has 0 fully saturated rings. The average molecular weight is 289 g/mol. The molecule has 0 bridgehead atoms. The Morgan fingerprint density at radius 2 is 1.95 bits per heavy atom. The number of aromatic nitrogens is 2. The average Bonchev–Trinajstić information content (AvgIpc) is 2.76. The summed E-state index contributed by atoms with van der Waals surface area (Å²) in [6.45, 7) is 3.30. The Morgan fingerprint density at radius 3 is 2.38 bits per heavy atom. The van der Waals surface area contributed by atoms with Gasteiger partial charge in [-0.3, -0.25) is 20.0 Å². The first-order valence-corrected chi connectivity index (χ1v) is 6.36. The van der Waals surface area contributed by atoms with Gasteiger partial charge in [0.05, 0.1) is 5.69 Å². The summed E-state index contributed by atoms with van der Waals surface area (Å²) in [6, 6.07) is 6.80. The first-order valence-electron chi connectivity index (χ1n) is 6.36. The van der Waals surface area contributed by atoms with E-state index in [4.69, 9.17) is 0 Å². The summed E-state index contributed by atoms with van der Waals surface area (Å²) in [5.41, 5.74) is 1.72. The van der Waals surface area contributed by atoms with Crippen LogP contribution in [0.25, 0.3) is 0 Å². The predicted molar refractivity (Wildman–Crippen MR) is 74.6 cm³/mol. The molecule has 0 radical (unpaired) electrons. The van der Waals surface area contributed by atoms with Crippen molar-refractivity contribution in [2.45, 2.75) is 25.8 Å². The molecular weight excluding hydrogens is 274 g/mol. The molecule has 7 heteroatoms. The SMILES string of the molecule is Cc1n[nH]c(C)c1C(C(=O)O)C(c1ccccc1)[N+](=O)[O-]. The third kappa shape index (κ3) is 2.76. The number of H-pyrrole nitrogens is 1. The third-order valence-electron chi connectivity index (χ3n) is 3.45. The largest absolute Gasteiger partial charge is 0.481 e. The van der Waals surface area contributed by atoms with E-state index in [9.17, 15) is 20.0 Å². The lowest BCUT2D eigenvalue weighted by Gasteiger charge is -2.18. The van der Waals surface area contributed by atoms with E-state index in [-0.39, 0.29) is 0 Å². The fourth-order valence-electron chi connectivity index (χ4n) is 2.52. The van der Waals surface area contributed by atoms with E-state index in [1.165, 1.54) is 0 Å². The van der Waals surface area contributed by atoms with Crippen molar-refractivity contribution in [3.05, 3.63) is 63.0 Å². The van der Waals surface area contributed by atoms with Crippen LogP contribution in [-0.2, 0) is 4.79 Å². The number of carboxylic acid groups (broad SMARTS) is 1. The summed E-state index contributed by atoms with van der Waals surface area (Å²) in [4.78, 5) is 22.6. The van der Waals surface area contributed by atoms with E-state index in [1.807, 2.05) is 0 Å². The lowest BCUT2D eigenvalue weighted by Crippen LogP contribution is -2.26.